The number of hydrogen-bond donors (Lipinski definition) is 0. The molecule has 3 nitrogen and oxygen atoms in total. The standard InChI is InChI=1S/C52H34N2O/c1-4-14-35(15-5-1)36-24-26-38(27-25-36)48-34-49(54-52(53-48)39-18-8-3-9-19-39)43-31-41(40-28-29-51-47(33-40)46-22-12-13-23-50(46)55-51)30-42(32-43)45-21-11-10-20-44(45)37-16-6-2-7-17-37/h1-34H. The van der Waals surface area contributed by atoms with E-state index < -0.39 is 0 Å². The van der Waals surface area contributed by atoms with Crippen LogP contribution in [0.1, 0.15) is 0 Å². The minimum absolute atomic E-state index is 0.683. The van der Waals surface area contributed by atoms with Gasteiger partial charge in [-0.25, -0.2) is 9.97 Å². The maximum atomic E-state index is 6.22. The van der Waals surface area contributed by atoms with Crippen molar-refractivity contribution in [3.63, 3.8) is 0 Å². The summed E-state index contributed by atoms with van der Waals surface area (Å²) in [4.78, 5) is 10.4. The van der Waals surface area contributed by atoms with Crippen LogP contribution in [0.2, 0.25) is 0 Å². The van der Waals surface area contributed by atoms with Crippen molar-refractivity contribution < 1.29 is 4.42 Å². The SMILES string of the molecule is c1ccc(-c2ccc(-c3cc(-c4cc(-c5ccc6oc7ccccc7c6c5)cc(-c5ccccc5-c5ccccc5)c4)nc(-c4ccccc4)n3)cc2)cc1. The molecule has 55 heavy (non-hydrogen) atoms. The van der Waals surface area contributed by atoms with Gasteiger partial charge in [0.1, 0.15) is 11.2 Å². The molecule has 0 saturated carbocycles. The molecule has 0 saturated heterocycles. The molecule has 3 heteroatoms. The van der Waals surface area contributed by atoms with Crippen LogP contribution in [0.15, 0.2) is 211 Å². The third-order valence-electron chi connectivity index (χ3n) is 10.3. The van der Waals surface area contributed by atoms with Crippen molar-refractivity contribution in [3.05, 3.63) is 206 Å². The van der Waals surface area contributed by atoms with Crippen LogP contribution in [0, 0.1) is 0 Å². The molecular formula is C52H34N2O. The Morgan fingerprint density at radius 2 is 0.764 bits per heavy atom. The van der Waals surface area contributed by atoms with Crippen molar-refractivity contribution in [2.45, 2.75) is 0 Å². The summed E-state index contributed by atoms with van der Waals surface area (Å²) in [6.45, 7) is 0. The van der Waals surface area contributed by atoms with Gasteiger partial charge in [-0.2, -0.15) is 0 Å². The minimum Gasteiger partial charge on any atom is -0.456 e. The number of furan rings is 1. The van der Waals surface area contributed by atoms with Crippen molar-refractivity contribution in [1.29, 1.82) is 0 Å². The van der Waals surface area contributed by atoms with E-state index in [9.17, 15) is 0 Å². The largest absolute Gasteiger partial charge is 0.456 e. The Labute approximate surface area is 319 Å². The van der Waals surface area contributed by atoms with Gasteiger partial charge in [-0.05, 0) is 87.0 Å². The number of aromatic nitrogens is 2. The molecule has 0 aliphatic carbocycles. The van der Waals surface area contributed by atoms with Crippen LogP contribution in [-0.2, 0) is 0 Å². The van der Waals surface area contributed by atoms with E-state index in [1.54, 1.807) is 0 Å². The van der Waals surface area contributed by atoms with E-state index in [-0.39, 0.29) is 0 Å². The van der Waals surface area contributed by atoms with Crippen molar-refractivity contribution in [3.8, 4) is 78.4 Å². The first-order valence-electron chi connectivity index (χ1n) is 18.6. The van der Waals surface area contributed by atoms with Gasteiger partial charge in [-0.15, -0.1) is 0 Å². The second kappa shape index (κ2) is 13.9. The molecule has 258 valence electrons. The quantitative estimate of drug-likeness (QED) is 0.166. The van der Waals surface area contributed by atoms with E-state index in [2.05, 4.69) is 170 Å². The van der Waals surface area contributed by atoms with E-state index in [1.807, 2.05) is 36.4 Å². The monoisotopic (exact) mass is 702 g/mol. The summed E-state index contributed by atoms with van der Waals surface area (Å²) in [5, 5.41) is 2.20. The van der Waals surface area contributed by atoms with Crippen molar-refractivity contribution >= 4 is 21.9 Å². The normalized spacial score (nSPS) is 11.3. The van der Waals surface area contributed by atoms with Crippen LogP contribution in [-0.4, -0.2) is 9.97 Å². The Morgan fingerprint density at radius 1 is 0.273 bits per heavy atom. The molecule has 0 atom stereocenters. The molecule has 0 radical (unpaired) electrons. The Hall–Kier alpha value is -7.36. The zero-order chi connectivity index (χ0) is 36.6. The third-order valence-corrected chi connectivity index (χ3v) is 10.3. The van der Waals surface area contributed by atoms with Gasteiger partial charge in [0.2, 0.25) is 0 Å². The van der Waals surface area contributed by atoms with Gasteiger partial charge in [0.25, 0.3) is 0 Å². The molecule has 0 bridgehead atoms. The molecule has 2 aromatic heterocycles. The highest BCUT2D eigenvalue weighted by atomic mass is 16.3. The van der Waals surface area contributed by atoms with Gasteiger partial charge >= 0.3 is 0 Å². The molecule has 0 aliphatic rings. The fourth-order valence-corrected chi connectivity index (χ4v) is 7.53. The van der Waals surface area contributed by atoms with Gasteiger partial charge in [-0.3, -0.25) is 0 Å². The second-order valence-corrected chi connectivity index (χ2v) is 13.8. The molecule has 0 N–H and O–H groups in total. The van der Waals surface area contributed by atoms with E-state index >= 15 is 0 Å². The molecule has 2 heterocycles. The highest BCUT2D eigenvalue weighted by Gasteiger charge is 2.16. The Bertz CT molecular complexity index is 2950. The Morgan fingerprint density at radius 3 is 1.49 bits per heavy atom. The summed E-state index contributed by atoms with van der Waals surface area (Å²) in [7, 11) is 0. The molecular weight excluding hydrogens is 669 g/mol. The highest BCUT2D eigenvalue weighted by Crippen LogP contribution is 2.40. The van der Waals surface area contributed by atoms with Crippen molar-refractivity contribution in [2.75, 3.05) is 0 Å². The summed E-state index contributed by atoms with van der Waals surface area (Å²) >= 11 is 0. The summed E-state index contributed by atoms with van der Waals surface area (Å²) in [6, 6.07) is 72.3. The maximum absolute atomic E-state index is 6.22. The molecule has 10 aromatic rings. The van der Waals surface area contributed by atoms with E-state index in [0.29, 0.717) is 5.82 Å². The fourth-order valence-electron chi connectivity index (χ4n) is 7.53. The number of nitrogens with zero attached hydrogens (tertiary/aromatic N) is 2. The summed E-state index contributed by atoms with van der Waals surface area (Å²) < 4.78 is 6.22. The minimum atomic E-state index is 0.683. The number of hydrogen-bond acceptors (Lipinski definition) is 3. The lowest BCUT2D eigenvalue weighted by molar-refractivity contribution is 0.669. The van der Waals surface area contributed by atoms with Gasteiger partial charge in [0.15, 0.2) is 5.82 Å². The van der Waals surface area contributed by atoms with Crippen molar-refractivity contribution in [1.82, 2.24) is 9.97 Å². The highest BCUT2D eigenvalue weighted by molar-refractivity contribution is 6.06. The average Bonchev–Trinajstić information content (AvgIpc) is 3.65. The summed E-state index contributed by atoms with van der Waals surface area (Å²) in [6.07, 6.45) is 0. The van der Waals surface area contributed by atoms with Gasteiger partial charge in [0.05, 0.1) is 11.4 Å². The van der Waals surface area contributed by atoms with Crippen LogP contribution in [0.4, 0.5) is 0 Å². The lowest BCUT2D eigenvalue weighted by atomic mass is 9.90. The van der Waals surface area contributed by atoms with E-state index in [0.717, 1.165) is 72.3 Å². The van der Waals surface area contributed by atoms with Crippen LogP contribution in [0.5, 0.6) is 0 Å². The van der Waals surface area contributed by atoms with Gasteiger partial charge < -0.3 is 4.42 Å². The van der Waals surface area contributed by atoms with Crippen LogP contribution in [0.25, 0.3) is 100 Å². The lowest BCUT2D eigenvalue weighted by Crippen LogP contribution is -1.97. The molecule has 0 aliphatic heterocycles. The topological polar surface area (TPSA) is 38.9 Å². The molecule has 0 fully saturated rings. The summed E-state index contributed by atoms with van der Waals surface area (Å²) in [5.74, 6) is 0.683. The van der Waals surface area contributed by atoms with Crippen LogP contribution >= 0.6 is 0 Å². The zero-order valence-corrected chi connectivity index (χ0v) is 29.9. The Balaban J connectivity index is 1.18. The molecule has 0 unspecified atom stereocenters. The molecule has 0 amide bonds. The first-order chi connectivity index (χ1) is 27.2. The maximum Gasteiger partial charge on any atom is 0.160 e. The average molecular weight is 703 g/mol. The molecule has 10 rings (SSSR count). The number of fused-ring (bicyclic) bond motifs is 3. The van der Waals surface area contributed by atoms with Crippen LogP contribution < -0.4 is 0 Å². The van der Waals surface area contributed by atoms with Gasteiger partial charge in [0, 0.05) is 27.5 Å². The predicted molar refractivity (Wildman–Crippen MR) is 227 cm³/mol. The second-order valence-electron chi connectivity index (χ2n) is 13.8. The first kappa shape index (κ1) is 32.3. The van der Waals surface area contributed by atoms with Gasteiger partial charge in [-0.1, -0.05) is 164 Å². The zero-order valence-electron chi connectivity index (χ0n) is 29.9. The molecule has 0 spiro atoms. The van der Waals surface area contributed by atoms with Crippen molar-refractivity contribution in [2.24, 2.45) is 0 Å². The lowest BCUT2D eigenvalue weighted by Gasteiger charge is -2.15. The molecule has 8 aromatic carbocycles. The van der Waals surface area contributed by atoms with E-state index in [1.165, 1.54) is 22.3 Å². The number of rotatable bonds is 7. The Kier molecular flexibility index (Phi) is 8.16. The number of benzene rings is 8. The number of para-hydroxylation sites is 1. The third kappa shape index (κ3) is 6.28. The predicted octanol–water partition coefficient (Wildman–Crippen LogP) is 14.0. The van der Waals surface area contributed by atoms with E-state index in [4.69, 9.17) is 14.4 Å². The summed E-state index contributed by atoms with van der Waals surface area (Å²) in [5.41, 5.74) is 15.7. The van der Waals surface area contributed by atoms with Crippen LogP contribution in [0.3, 0.4) is 0 Å². The first-order valence-corrected chi connectivity index (χ1v) is 18.6. The smallest absolute Gasteiger partial charge is 0.160 e. The fraction of sp³-hybridized carbons (Fsp3) is 0.